The Balaban J connectivity index is 3.94. The lowest BCUT2D eigenvalue weighted by molar-refractivity contribution is -0.148. The number of rotatable bonds is 3. The van der Waals surface area contributed by atoms with Gasteiger partial charge in [-0.15, -0.1) is 0 Å². The van der Waals surface area contributed by atoms with Crippen molar-refractivity contribution in [2.75, 3.05) is 13.2 Å². The Hall–Kier alpha value is -0.610. The van der Waals surface area contributed by atoms with Crippen LogP contribution in [0.1, 0.15) is 20.8 Å². The van der Waals surface area contributed by atoms with Gasteiger partial charge in [0.05, 0.1) is 6.61 Å². The van der Waals surface area contributed by atoms with Crippen molar-refractivity contribution in [2.45, 2.75) is 26.8 Å². The number of nitrogens with two attached hydrogens (primary N) is 1. The van der Waals surface area contributed by atoms with Crippen molar-refractivity contribution in [1.29, 1.82) is 0 Å². The number of carbonyl (C=O) groups excluding carboxylic acids is 1. The first-order valence-electron chi connectivity index (χ1n) is 3.92. The molecule has 0 heterocycles. The normalized spacial score (nSPS) is 14.1. The van der Waals surface area contributed by atoms with Crippen molar-refractivity contribution < 1.29 is 14.6 Å². The smallest absolute Gasteiger partial charge is 0.323 e. The summed E-state index contributed by atoms with van der Waals surface area (Å²) in [5, 5.41) is 8.38. The predicted octanol–water partition coefficient (Wildman–Crippen LogP) is -0.105. The zero-order chi connectivity index (χ0) is 9.78. The fourth-order valence-corrected chi connectivity index (χ4v) is 0.590. The van der Waals surface area contributed by atoms with E-state index < -0.39 is 12.0 Å². The van der Waals surface area contributed by atoms with Gasteiger partial charge in [-0.25, -0.2) is 0 Å². The molecule has 0 saturated carbocycles. The minimum atomic E-state index is -0.635. The van der Waals surface area contributed by atoms with Crippen molar-refractivity contribution in [3.05, 3.63) is 0 Å². The van der Waals surface area contributed by atoms with Crippen molar-refractivity contribution in [2.24, 2.45) is 11.1 Å². The summed E-state index contributed by atoms with van der Waals surface area (Å²) in [6.45, 7) is 5.43. The van der Waals surface area contributed by atoms with E-state index in [1.807, 2.05) is 20.8 Å². The second-order valence-electron chi connectivity index (χ2n) is 3.73. The molecule has 0 rings (SSSR count). The molecule has 0 aromatic carbocycles. The van der Waals surface area contributed by atoms with Crippen LogP contribution in [0.3, 0.4) is 0 Å². The van der Waals surface area contributed by atoms with E-state index in [9.17, 15) is 4.79 Å². The van der Waals surface area contributed by atoms with Gasteiger partial charge in [-0.2, -0.15) is 0 Å². The first-order valence-corrected chi connectivity index (χ1v) is 3.92. The summed E-state index contributed by atoms with van der Waals surface area (Å²) in [6.07, 6.45) is 0. The molecule has 3 N–H and O–H groups in total. The first kappa shape index (κ1) is 11.4. The van der Waals surface area contributed by atoms with Crippen LogP contribution < -0.4 is 5.73 Å². The van der Waals surface area contributed by atoms with Crippen LogP contribution in [-0.4, -0.2) is 30.3 Å². The summed E-state index contributed by atoms with van der Waals surface area (Å²) in [5.74, 6) is -0.462. The van der Waals surface area contributed by atoms with Crippen molar-refractivity contribution in [3.8, 4) is 0 Å². The molecule has 4 nitrogen and oxygen atoms in total. The molecular formula is C8H17NO3. The fraction of sp³-hybridized carbons (Fsp3) is 0.875. The Morgan fingerprint density at radius 3 is 2.42 bits per heavy atom. The van der Waals surface area contributed by atoms with Gasteiger partial charge in [-0.3, -0.25) is 4.79 Å². The number of carbonyl (C=O) groups is 1. The minimum Gasteiger partial charge on any atom is -0.462 e. The molecule has 0 aliphatic rings. The molecule has 0 amide bonds. The standard InChI is InChI=1S/C8H17NO3/c1-8(2,3)6(9)7(11)12-5-4-10/h6,10H,4-5,9H2,1-3H3. The zero-order valence-electron chi connectivity index (χ0n) is 7.83. The monoisotopic (exact) mass is 175 g/mol. The summed E-state index contributed by atoms with van der Waals surface area (Å²) in [5.41, 5.74) is 5.28. The van der Waals surface area contributed by atoms with E-state index in [0.717, 1.165) is 0 Å². The minimum absolute atomic E-state index is 0.0165. The highest BCUT2D eigenvalue weighted by molar-refractivity contribution is 5.76. The van der Waals surface area contributed by atoms with Gasteiger partial charge in [0.15, 0.2) is 0 Å². The Kier molecular flexibility index (Phi) is 4.20. The van der Waals surface area contributed by atoms with Crippen LogP contribution >= 0.6 is 0 Å². The molecule has 0 bridgehead atoms. The molecule has 0 spiro atoms. The van der Waals surface area contributed by atoms with Gasteiger partial charge >= 0.3 is 5.97 Å². The predicted molar refractivity (Wildman–Crippen MR) is 45.5 cm³/mol. The molecule has 0 saturated heterocycles. The fourth-order valence-electron chi connectivity index (χ4n) is 0.590. The Labute approximate surface area is 72.7 Å². The van der Waals surface area contributed by atoms with Crippen LogP contribution in [0.15, 0.2) is 0 Å². The molecular weight excluding hydrogens is 158 g/mol. The summed E-state index contributed by atoms with van der Waals surface area (Å²) >= 11 is 0. The van der Waals surface area contributed by atoms with Gasteiger partial charge in [0.1, 0.15) is 12.6 Å². The van der Waals surface area contributed by atoms with Crippen LogP contribution in [0.5, 0.6) is 0 Å². The van der Waals surface area contributed by atoms with Crippen LogP contribution in [0.4, 0.5) is 0 Å². The first-order chi connectivity index (χ1) is 5.39. The molecule has 12 heavy (non-hydrogen) atoms. The van der Waals surface area contributed by atoms with E-state index in [2.05, 4.69) is 4.74 Å². The van der Waals surface area contributed by atoms with E-state index in [1.165, 1.54) is 0 Å². The molecule has 0 radical (unpaired) electrons. The molecule has 0 aromatic rings. The van der Waals surface area contributed by atoms with Gasteiger partial charge in [-0.1, -0.05) is 20.8 Å². The number of hydrogen-bond donors (Lipinski definition) is 2. The Bertz CT molecular complexity index is 151. The number of esters is 1. The van der Waals surface area contributed by atoms with Crippen LogP contribution in [0, 0.1) is 5.41 Å². The van der Waals surface area contributed by atoms with Gasteiger partial charge in [0.25, 0.3) is 0 Å². The summed E-state index contributed by atoms with van der Waals surface area (Å²) in [6, 6.07) is -0.635. The summed E-state index contributed by atoms with van der Waals surface area (Å²) in [7, 11) is 0. The maximum atomic E-state index is 11.1. The lowest BCUT2D eigenvalue weighted by Crippen LogP contribution is -2.43. The SMILES string of the molecule is CC(C)(C)C(N)C(=O)OCCO. The third-order valence-corrected chi connectivity index (χ3v) is 1.52. The lowest BCUT2D eigenvalue weighted by Gasteiger charge is -2.24. The van der Waals surface area contributed by atoms with Crippen LogP contribution in [-0.2, 0) is 9.53 Å². The van der Waals surface area contributed by atoms with Gasteiger partial charge in [-0.05, 0) is 5.41 Å². The maximum Gasteiger partial charge on any atom is 0.323 e. The van der Waals surface area contributed by atoms with Gasteiger partial charge < -0.3 is 15.6 Å². The van der Waals surface area contributed by atoms with Crippen molar-refractivity contribution >= 4 is 5.97 Å². The number of aliphatic hydroxyl groups is 1. The average Bonchev–Trinajstić information content (AvgIpc) is 1.97. The molecule has 0 fully saturated rings. The Morgan fingerprint density at radius 1 is 1.58 bits per heavy atom. The molecule has 1 atom stereocenters. The number of aliphatic hydroxyl groups excluding tert-OH is 1. The summed E-state index contributed by atoms with van der Waals surface area (Å²) < 4.78 is 4.67. The molecule has 0 aliphatic carbocycles. The van der Waals surface area contributed by atoms with E-state index in [1.54, 1.807) is 0 Å². The second kappa shape index (κ2) is 4.42. The zero-order valence-corrected chi connectivity index (χ0v) is 7.83. The van der Waals surface area contributed by atoms with Crippen LogP contribution in [0.25, 0.3) is 0 Å². The quantitative estimate of drug-likeness (QED) is 0.587. The maximum absolute atomic E-state index is 11.1. The third-order valence-electron chi connectivity index (χ3n) is 1.52. The van der Waals surface area contributed by atoms with Gasteiger partial charge in [0, 0.05) is 0 Å². The van der Waals surface area contributed by atoms with Crippen LogP contribution in [0.2, 0.25) is 0 Å². The molecule has 0 aromatic heterocycles. The summed E-state index contributed by atoms with van der Waals surface area (Å²) in [4.78, 5) is 11.1. The second-order valence-corrected chi connectivity index (χ2v) is 3.73. The number of ether oxygens (including phenoxy) is 1. The average molecular weight is 175 g/mol. The molecule has 72 valence electrons. The topological polar surface area (TPSA) is 72.6 Å². The van der Waals surface area contributed by atoms with E-state index in [4.69, 9.17) is 10.8 Å². The van der Waals surface area contributed by atoms with Crippen molar-refractivity contribution in [3.63, 3.8) is 0 Å². The van der Waals surface area contributed by atoms with Gasteiger partial charge in [0.2, 0.25) is 0 Å². The largest absolute Gasteiger partial charge is 0.462 e. The lowest BCUT2D eigenvalue weighted by atomic mass is 9.87. The number of hydrogen-bond acceptors (Lipinski definition) is 4. The van der Waals surface area contributed by atoms with E-state index in [-0.39, 0.29) is 18.6 Å². The molecule has 0 aliphatic heterocycles. The molecule has 4 heteroatoms. The highest BCUT2D eigenvalue weighted by Crippen LogP contribution is 2.17. The highest BCUT2D eigenvalue weighted by atomic mass is 16.5. The third kappa shape index (κ3) is 3.69. The highest BCUT2D eigenvalue weighted by Gasteiger charge is 2.28. The van der Waals surface area contributed by atoms with E-state index >= 15 is 0 Å². The molecule has 1 unspecified atom stereocenters. The van der Waals surface area contributed by atoms with E-state index in [0.29, 0.717) is 0 Å². The van der Waals surface area contributed by atoms with Crippen molar-refractivity contribution in [1.82, 2.24) is 0 Å². The Morgan fingerprint density at radius 2 is 2.08 bits per heavy atom.